The summed E-state index contributed by atoms with van der Waals surface area (Å²) in [4.78, 5) is 12.0. The van der Waals surface area contributed by atoms with E-state index in [1.54, 1.807) is 12.1 Å². The van der Waals surface area contributed by atoms with Crippen LogP contribution in [0.5, 0.6) is 5.75 Å². The van der Waals surface area contributed by atoms with Crippen LogP contribution in [0.3, 0.4) is 0 Å². The largest absolute Gasteiger partial charge is 0.508 e. The zero-order chi connectivity index (χ0) is 18.4. The summed E-state index contributed by atoms with van der Waals surface area (Å²) in [6.07, 6.45) is 7.06. The zero-order valence-corrected chi connectivity index (χ0v) is 15.2. The van der Waals surface area contributed by atoms with Crippen molar-refractivity contribution in [2.75, 3.05) is 5.32 Å². The molecular formula is C22H26N2O2. The van der Waals surface area contributed by atoms with Crippen molar-refractivity contribution in [1.82, 2.24) is 4.57 Å². The van der Waals surface area contributed by atoms with Crippen LogP contribution >= 0.6 is 0 Å². The predicted octanol–water partition coefficient (Wildman–Crippen LogP) is 5.30. The van der Waals surface area contributed by atoms with E-state index in [0.717, 1.165) is 41.5 Å². The van der Waals surface area contributed by atoms with E-state index in [9.17, 15) is 9.90 Å². The molecule has 2 aromatic carbocycles. The molecule has 3 rings (SSSR count). The monoisotopic (exact) mass is 350 g/mol. The van der Waals surface area contributed by atoms with Gasteiger partial charge < -0.3 is 15.0 Å². The topological polar surface area (TPSA) is 54.3 Å². The molecule has 1 heterocycles. The number of fused-ring (bicyclic) bond motifs is 1. The standard InChI is InChI=1S/C22H26N2O2/c1-2-3-4-5-6-22(26)23-19-9-12-21-18(15-19)13-14-24(21)16-17-7-10-20(25)11-8-17/h7-15,25H,2-6,16H2,1H3,(H,23,26). The fourth-order valence-electron chi connectivity index (χ4n) is 3.15. The van der Waals surface area contributed by atoms with Crippen LogP contribution < -0.4 is 5.32 Å². The maximum Gasteiger partial charge on any atom is 0.224 e. The van der Waals surface area contributed by atoms with Gasteiger partial charge >= 0.3 is 0 Å². The average Bonchev–Trinajstić information content (AvgIpc) is 3.03. The van der Waals surface area contributed by atoms with E-state index in [4.69, 9.17) is 0 Å². The van der Waals surface area contributed by atoms with Crippen LogP contribution in [0.1, 0.15) is 44.6 Å². The lowest BCUT2D eigenvalue weighted by atomic mass is 10.1. The van der Waals surface area contributed by atoms with E-state index < -0.39 is 0 Å². The Bertz CT molecular complexity index is 865. The van der Waals surface area contributed by atoms with Crippen LogP contribution in [-0.2, 0) is 11.3 Å². The van der Waals surface area contributed by atoms with Gasteiger partial charge in [0.05, 0.1) is 0 Å². The number of aromatic nitrogens is 1. The number of benzene rings is 2. The smallest absolute Gasteiger partial charge is 0.224 e. The molecule has 26 heavy (non-hydrogen) atoms. The molecule has 0 saturated heterocycles. The second kappa shape index (κ2) is 8.56. The Morgan fingerprint density at radius 3 is 2.62 bits per heavy atom. The summed E-state index contributed by atoms with van der Waals surface area (Å²) in [5.41, 5.74) is 3.10. The average molecular weight is 350 g/mol. The van der Waals surface area contributed by atoms with Crippen LogP contribution in [-0.4, -0.2) is 15.6 Å². The summed E-state index contributed by atoms with van der Waals surface area (Å²) in [5, 5.41) is 13.5. The summed E-state index contributed by atoms with van der Waals surface area (Å²) in [6, 6.07) is 15.3. The number of amides is 1. The number of unbranched alkanes of at least 4 members (excludes halogenated alkanes) is 3. The Balaban J connectivity index is 1.65. The molecular weight excluding hydrogens is 324 g/mol. The highest BCUT2D eigenvalue weighted by Crippen LogP contribution is 2.22. The molecule has 1 aromatic heterocycles. The van der Waals surface area contributed by atoms with Crippen molar-refractivity contribution in [1.29, 1.82) is 0 Å². The van der Waals surface area contributed by atoms with Gasteiger partial charge in [0.2, 0.25) is 5.91 Å². The molecule has 0 aliphatic carbocycles. The Morgan fingerprint density at radius 1 is 1.04 bits per heavy atom. The number of carbonyl (C=O) groups is 1. The van der Waals surface area contributed by atoms with Gasteiger partial charge in [-0.05, 0) is 48.4 Å². The molecule has 0 unspecified atom stereocenters. The summed E-state index contributed by atoms with van der Waals surface area (Å²) in [6.45, 7) is 2.91. The number of hydrogen-bond acceptors (Lipinski definition) is 2. The van der Waals surface area contributed by atoms with E-state index in [1.165, 1.54) is 12.8 Å². The Morgan fingerprint density at radius 2 is 1.85 bits per heavy atom. The first-order chi connectivity index (χ1) is 12.7. The highest BCUT2D eigenvalue weighted by molar-refractivity contribution is 5.93. The lowest BCUT2D eigenvalue weighted by Gasteiger charge is -2.08. The first kappa shape index (κ1) is 18.1. The molecule has 0 radical (unpaired) electrons. The number of rotatable bonds is 8. The molecule has 0 aliphatic rings. The molecule has 1 amide bonds. The van der Waals surface area contributed by atoms with Gasteiger partial charge in [-0.2, -0.15) is 0 Å². The summed E-state index contributed by atoms with van der Waals surface area (Å²) >= 11 is 0. The molecule has 3 aromatic rings. The molecule has 0 bridgehead atoms. The van der Waals surface area contributed by atoms with Crippen LogP contribution in [0.15, 0.2) is 54.7 Å². The van der Waals surface area contributed by atoms with Crippen molar-refractivity contribution in [3.63, 3.8) is 0 Å². The predicted molar refractivity (Wildman–Crippen MR) is 107 cm³/mol. The molecule has 0 aliphatic heterocycles. The maximum atomic E-state index is 12.0. The molecule has 0 saturated carbocycles. The highest BCUT2D eigenvalue weighted by atomic mass is 16.3. The van der Waals surface area contributed by atoms with Gasteiger partial charge in [0, 0.05) is 35.8 Å². The third kappa shape index (κ3) is 4.66. The van der Waals surface area contributed by atoms with Crippen molar-refractivity contribution in [2.45, 2.75) is 45.6 Å². The molecule has 4 nitrogen and oxygen atoms in total. The minimum absolute atomic E-state index is 0.0870. The fourth-order valence-corrected chi connectivity index (χ4v) is 3.15. The highest BCUT2D eigenvalue weighted by Gasteiger charge is 2.06. The minimum atomic E-state index is 0.0870. The van der Waals surface area contributed by atoms with Gasteiger partial charge in [-0.15, -0.1) is 0 Å². The van der Waals surface area contributed by atoms with Gasteiger partial charge in [-0.3, -0.25) is 4.79 Å². The fraction of sp³-hybridized carbons (Fsp3) is 0.318. The van der Waals surface area contributed by atoms with E-state index >= 15 is 0 Å². The van der Waals surface area contributed by atoms with E-state index in [0.29, 0.717) is 6.42 Å². The van der Waals surface area contributed by atoms with E-state index in [2.05, 4.69) is 22.9 Å². The van der Waals surface area contributed by atoms with Gasteiger partial charge in [0.1, 0.15) is 5.75 Å². The Labute approximate surface area is 154 Å². The van der Waals surface area contributed by atoms with Crippen molar-refractivity contribution >= 4 is 22.5 Å². The Hall–Kier alpha value is -2.75. The number of phenolic OH excluding ortho intramolecular Hbond substituents is 1. The second-order valence-electron chi connectivity index (χ2n) is 6.74. The molecule has 0 fully saturated rings. The first-order valence-electron chi connectivity index (χ1n) is 9.32. The summed E-state index contributed by atoms with van der Waals surface area (Å²) in [7, 11) is 0. The lowest BCUT2D eigenvalue weighted by molar-refractivity contribution is -0.116. The van der Waals surface area contributed by atoms with Crippen LogP contribution in [0.2, 0.25) is 0 Å². The lowest BCUT2D eigenvalue weighted by Crippen LogP contribution is -2.10. The molecule has 4 heteroatoms. The van der Waals surface area contributed by atoms with Gasteiger partial charge in [-0.25, -0.2) is 0 Å². The number of anilines is 1. The Kier molecular flexibility index (Phi) is 5.95. The van der Waals surface area contributed by atoms with Crippen LogP contribution in [0, 0.1) is 0 Å². The van der Waals surface area contributed by atoms with E-state index in [-0.39, 0.29) is 11.7 Å². The molecule has 0 atom stereocenters. The van der Waals surface area contributed by atoms with Crippen LogP contribution in [0.4, 0.5) is 5.69 Å². The van der Waals surface area contributed by atoms with Crippen LogP contribution in [0.25, 0.3) is 10.9 Å². The van der Waals surface area contributed by atoms with Crippen molar-refractivity contribution < 1.29 is 9.90 Å². The number of nitrogens with zero attached hydrogens (tertiary/aromatic N) is 1. The minimum Gasteiger partial charge on any atom is -0.508 e. The summed E-state index contributed by atoms with van der Waals surface area (Å²) in [5.74, 6) is 0.366. The van der Waals surface area contributed by atoms with Crippen molar-refractivity contribution in [3.05, 3.63) is 60.3 Å². The molecule has 2 N–H and O–H groups in total. The van der Waals surface area contributed by atoms with Crippen molar-refractivity contribution in [2.24, 2.45) is 0 Å². The SMILES string of the molecule is CCCCCCC(=O)Nc1ccc2c(ccn2Cc2ccc(O)cc2)c1. The van der Waals surface area contributed by atoms with Gasteiger partial charge in [-0.1, -0.05) is 38.3 Å². The maximum absolute atomic E-state index is 12.0. The first-order valence-corrected chi connectivity index (χ1v) is 9.32. The van der Waals surface area contributed by atoms with Gasteiger partial charge in [0.25, 0.3) is 0 Å². The van der Waals surface area contributed by atoms with Gasteiger partial charge in [0.15, 0.2) is 0 Å². The normalized spacial score (nSPS) is 11.0. The third-order valence-corrected chi connectivity index (χ3v) is 4.60. The van der Waals surface area contributed by atoms with Crippen molar-refractivity contribution in [3.8, 4) is 5.75 Å². The number of hydrogen-bond donors (Lipinski definition) is 2. The second-order valence-corrected chi connectivity index (χ2v) is 6.74. The number of phenols is 1. The number of carbonyl (C=O) groups excluding carboxylic acids is 1. The zero-order valence-electron chi connectivity index (χ0n) is 15.2. The number of nitrogens with one attached hydrogen (secondary N) is 1. The quantitative estimate of drug-likeness (QED) is 0.541. The molecule has 0 spiro atoms. The van der Waals surface area contributed by atoms with E-state index in [1.807, 2.05) is 36.5 Å². The number of aromatic hydroxyl groups is 1. The summed E-state index contributed by atoms with van der Waals surface area (Å²) < 4.78 is 2.16. The molecule has 136 valence electrons. The third-order valence-electron chi connectivity index (χ3n) is 4.60.